The monoisotopic (exact) mass is 193 g/mol. The van der Waals surface area contributed by atoms with E-state index in [-0.39, 0.29) is 0 Å². The number of ether oxygens (including phenoxy) is 1. The average molecular weight is 193 g/mol. The average Bonchev–Trinajstić information content (AvgIpc) is 2.26. The van der Waals surface area contributed by atoms with Gasteiger partial charge in [0.15, 0.2) is 0 Å². The molecule has 0 N–H and O–H groups in total. The molecule has 1 aromatic heterocycles. The van der Waals surface area contributed by atoms with Crippen molar-refractivity contribution in [3.8, 4) is 0 Å². The highest BCUT2D eigenvalue weighted by Crippen LogP contribution is 2.14. The molecule has 0 bridgehead atoms. The van der Waals surface area contributed by atoms with Crippen LogP contribution in [0.1, 0.15) is 11.3 Å². The number of methoxy groups -OCH3 is 1. The Kier molecular flexibility index (Phi) is 3.06. The van der Waals surface area contributed by atoms with E-state index < -0.39 is 0 Å². The zero-order valence-electron chi connectivity index (χ0n) is 8.44. The molecule has 2 heterocycles. The quantitative estimate of drug-likeness (QED) is 0.700. The van der Waals surface area contributed by atoms with Crippen molar-refractivity contribution < 1.29 is 4.74 Å². The van der Waals surface area contributed by atoms with E-state index in [4.69, 9.17) is 4.74 Å². The lowest BCUT2D eigenvalue weighted by Crippen LogP contribution is -2.33. The van der Waals surface area contributed by atoms with Crippen LogP contribution in [0.15, 0.2) is 12.5 Å². The Morgan fingerprint density at radius 3 is 3.36 bits per heavy atom. The normalized spacial score (nSPS) is 16.6. The molecule has 0 aliphatic carbocycles. The molecule has 0 fully saturated rings. The molecule has 4 heteroatoms. The molecular formula is C10H15N3O. The van der Waals surface area contributed by atoms with Gasteiger partial charge in [0.25, 0.3) is 0 Å². The van der Waals surface area contributed by atoms with Crippen LogP contribution < -0.4 is 0 Å². The summed E-state index contributed by atoms with van der Waals surface area (Å²) in [6.45, 7) is 3.82. The van der Waals surface area contributed by atoms with Gasteiger partial charge in [0.2, 0.25) is 0 Å². The van der Waals surface area contributed by atoms with Gasteiger partial charge in [0.05, 0.1) is 6.61 Å². The number of hydrogen-bond acceptors (Lipinski definition) is 4. The molecule has 0 atom stereocenters. The molecule has 0 radical (unpaired) electrons. The van der Waals surface area contributed by atoms with Gasteiger partial charge in [-0.2, -0.15) is 0 Å². The number of fused-ring (bicyclic) bond motifs is 1. The first-order valence-corrected chi connectivity index (χ1v) is 4.89. The highest BCUT2D eigenvalue weighted by atomic mass is 16.5. The minimum atomic E-state index is 0.795. The van der Waals surface area contributed by atoms with Crippen molar-refractivity contribution in [3.63, 3.8) is 0 Å². The molecule has 1 aliphatic heterocycles. The third-order valence-corrected chi connectivity index (χ3v) is 2.55. The summed E-state index contributed by atoms with van der Waals surface area (Å²) in [6.07, 6.45) is 4.58. The molecule has 1 aromatic rings. The minimum absolute atomic E-state index is 0.795. The van der Waals surface area contributed by atoms with Crippen molar-refractivity contribution >= 4 is 0 Å². The fraction of sp³-hybridized carbons (Fsp3) is 0.600. The molecule has 0 aromatic carbocycles. The Labute approximate surface area is 83.9 Å². The summed E-state index contributed by atoms with van der Waals surface area (Å²) < 4.78 is 5.06. The lowest BCUT2D eigenvalue weighted by Gasteiger charge is -2.27. The second kappa shape index (κ2) is 4.48. The number of nitrogens with zero attached hydrogens (tertiary/aromatic N) is 3. The first kappa shape index (κ1) is 9.55. The Balaban J connectivity index is 1.99. The predicted molar refractivity (Wildman–Crippen MR) is 52.9 cm³/mol. The molecule has 0 amide bonds. The second-order valence-corrected chi connectivity index (χ2v) is 3.51. The van der Waals surface area contributed by atoms with Crippen LogP contribution in [0.3, 0.4) is 0 Å². The van der Waals surface area contributed by atoms with Crippen molar-refractivity contribution in [1.82, 2.24) is 14.9 Å². The standard InChI is InChI=1S/C10H15N3O/c1-14-5-4-13-3-2-10-9(7-13)6-11-8-12-10/h6,8H,2-5,7H2,1H3. The van der Waals surface area contributed by atoms with Crippen molar-refractivity contribution in [2.24, 2.45) is 0 Å². The van der Waals surface area contributed by atoms with Crippen LogP contribution in [-0.2, 0) is 17.7 Å². The van der Waals surface area contributed by atoms with Gasteiger partial charge < -0.3 is 4.74 Å². The molecule has 0 saturated carbocycles. The highest BCUT2D eigenvalue weighted by molar-refractivity contribution is 5.18. The van der Waals surface area contributed by atoms with E-state index in [1.54, 1.807) is 13.4 Å². The van der Waals surface area contributed by atoms with Gasteiger partial charge >= 0.3 is 0 Å². The zero-order valence-corrected chi connectivity index (χ0v) is 8.44. The third kappa shape index (κ3) is 2.08. The van der Waals surface area contributed by atoms with Gasteiger partial charge in [-0.3, -0.25) is 4.90 Å². The first-order valence-electron chi connectivity index (χ1n) is 4.89. The van der Waals surface area contributed by atoms with E-state index in [1.165, 1.54) is 11.3 Å². The summed E-state index contributed by atoms with van der Waals surface area (Å²) in [5.74, 6) is 0. The van der Waals surface area contributed by atoms with Gasteiger partial charge in [0, 0.05) is 50.6 Å². The summed E-state index contributed by atoms with van der Waals surface area (Å²) in [5.41, 5.74) is 2.46. The third-order valence-electron chi connectivity index (χ3n) is 2.55. The smallest absolute Gasteiger partial charge is 0.115 e. The largest absolute Gasteiger partial charge is 0.383 e. The molecule has 0 saturated heterocycles. The van der Waals surface area contributed by atoms with E-state index in [9.17, 15) is 0 Å². The van der Waals surface area contributed by atoms with Gasteiger partial charge in [-0.05, 0) is 0 Å². The van der Waals surface area contributed by atoms with Crippen LogP contribution >= 0.6 is 0 Å². The summed E-state index contributed by atoms with van der Waals surface area (Å²) in [6, 6.07) is 0. The topological polar surface area (TPSA) is 38.2 Å². The molecule has 0 spiro atoms. The van der Waals surface area contributed by atoms with Crippen LogP contribution in [0.4, 0.5) is 0 Å². The van der Waals surface area contributed by atoms with Gasteiger partial charge in [-0.15, -0.1) is 0 Å². The van der Waals surface area contributed by atoms with Gasteiger partial charge in [-0.1, -0.05) is 0 Å². The molecule has 14 heavy (non-hydrogen) atoms. The fourth-order valence-electron chi connectivity index (χ4n) is 1.74. The summed E-state index contributed by atoms with van der Waals surface area (Å²) >= 11 is 0. The van der Waals surface area contributed by atoms with E-state index >= 15 is 0 Å². The van der Waals surface area contributed by atoms with Crippen molar-refractivity contribution in [2.75, 3.05) is 26.8 Å². The van der Waals surface area contributed by atoms with E-state index in [0.29, 0.717) is 0 Å². The number of aromatic nitrogens is 2. The van der Waals surface area contributed by atoms with Gasteiger partial charge in [-0.25, -0.2) is 9.97 Å². The zero-order chi connectivity index (χ0) is 9.80. The van der Waals surface area contributed by atoms with Crippen LogP contribution in [0.2, 0.25) is 0 Å². The number of hydrogen-bond donors (Lipinski definition) is 0. The first-order chi connectivity index (χ1) is 6.90. The van der Waals surface area contributed by atoms with E-state index in [1.807, 2.05) is 6.20 Å². The predicted octanol–water partition coefficient (Wildman–Crippen LogP) is 0.481. The maximum atomic E-state index is 5.06. The molecule has 1 aliphatic rings. The van der Waals surface area contributed by atoms with Crippen LogP contribution in [0.25, 0.3) is 0 Å². The number of rotatable bonds is 3. The molecular weight excluding hydrogens is 178 g/mol. The lowest BCUT2D eigenvalue weighted by atomic mass is 10.1. The molecule has 2 rings (SSSR count). The van der Waals surface area contributed by atoms with Crippen molar-refractivity contribution in [2.45, 2.75) is 13.0 Å². The maximum absolute atomic E-state index is 5.06. The van der Waals surface area contributed by atoms with Crippen molar-refractivity contribution in [1.29, 1.82) is 0 Å². The summed E-state index contributed by atoms with van der Waals surface area (Å²) in [5, 5.41) is 0. The van der Waals surface area contributed by atoms with Crippen LogP contribution in [-0.4, -0.2) is 41.7 Å². The summed E-state index contributed by atoms with van der Waals surface area (Å²) in [4.78, 5) is 10.7. The minimum Gasteiger partial charge on any atom is -0.383 e. The Bertz CT molecular complexity index is 303. The summed E-state index contributed by atoms with van der Waals surface area (Å²) in [7, 11) is 1.74. The maximum Gasteiger partial charge on any atom is 0.115 e. The molecule has 76 valence electrons. The lowest BCUT2D eigenvalue weighted by molar-refractivity contribution is 0.140. The van der Waals surface area contributed by atoms with Crippen molar-refractivity contribution in [3.05, 3.63) is 23.8 Å². The Morgan fingerprint density at radius 2 is 2.50 bits per heavy atom. The SMILES string of the molecule is COCCN1CCc2ncncc2C1. The molecule has 0 unspecified atom stereocenters. The van der Waals surface area contributed by atoms with E-state index in [2.05, 4.69) is 14.9 Å². The fourth-order valence-corrected chi connectivity index (χ4v) is 1.74. The van der Waals surface area contributed by atoms with E-state index in [0.717, 1.165) is 32.7 Å². The second-order valence-electron chi connectivity index (χ2n) is 3.51. The molecule has 4 nitrogen and oxygen atoms in total. The van der Waals surface area contributed by atoms with Crippen LogP contribution in [0, 0.1) is 0 Å². The Hall–Kier alpha value is -1.00. The highest BCUT2D eigenvalue weighted by Gasteiger charge is 2.16. The van der Waals surface area contributed by atoms with Gasteiger partial charge in [0.1, 0.15) is 6.33 Å². The Morgan fingerprint density at radius 1 is 1.57 bits per heavy atom. The van der Waals surface area contributed by atoms with Crippen LogP contribution in [0.5, 0.6) is 0 Å².